The van der Waals surface area contributed by atoms with E-state index in [-0.39, 0.29) is 17.7 Å². The quantitative estimate of drug-likeness (QED) is 0.829. The zero-order valence-electron chi connectivity index (χ0n) is 12.8. The molecule has 0 spiro atoms. The van der Waals surface area contributed by atoms with Gasteiger partial charge in [-0.15, -0.1) is 0 Å². The van der Waals surface area contributed by atoms with Crippen molar-refractivity contribution in [1.29, 1.82) is 0 Å². The molecule has 1 saturated carbocycles. The van der Waals surface area contributed by atoms with E-state index in [1.165, 1.54) is 12.5 Å². The fraction of sp³-hybridized carbons (Fsp3) is 0.588. The third-order valence-corrected chi connectivity index (χ3v) is 4.39. The minimum absolute atomic E-state index is 0.171. The van der Waals surface area contributed by atoms with Crippen LogP contribution in [0.15, 0.2) is 24.3 Å². The van der Waals surface area contributed by atoms with Crippen LogP contribution in [0.4, 0.5) is 10.1 Å². The summed E-state index contributed by atoms with van der Waals surface area (Å²) >= 11 is 0. The van der Waals surface area contributed by atoms with Gasteiger partial charge in [-0.25, -0.2) is 9.18 Å². The average molecular weight is 293 g/mol. The highest BCUT2D eigenvalue weighted by atomic mass is 19.1. The number of halogens is 1. The summed E-state index contributed by atoms with van der Waals surface area (Å²) in [4.78, 5) is 12.5. The monoisotopic (exact) mass is 293 g/mol. The van der Waals surface area contributed by atoms with Crippen LogP contribution in [0, 0.1) is 11.7 Å². The smallest absolute Gasteiger partial charge is 0.331 e. The first-order valence-electron chi connectivity index (χ1n) is 7.78. The van der Waals surface area contributed by atoms with Crippen LogP contribution in [0.3, 0.4) is 0 Å². The van der Waals surface area contributed by atoms with Gasteiger partial charge >= 0.3 is 5.97 Å². The lowest BCUT2D eigenvalue weighted by Crippen LogP contribution is -2.51. The lowest BCUT2D eigenvalue weighted by molar-refractivity contribution is -0.150. The summed E-state index contributed by atoms with van der Waals surface area (Å²) in [5, 5.41) is 3.13. The third-order valence-electron chi connectivity index (χ3n) is 4.39. The fourth-order valence-corrected chi connectivity index (χ4v) is 3.12. The van der Waals surface area contributed by atoms with Gasteiger partial charge in [0.2, 0.25) is 0 Å². The van der Waals surface area contributed by atoms with Crippen LogP contribution in [0.5, 0.6) is 0 Å². The van der Waals surface area contributed by atoms with Crippen molar-refractivity contribution < 1.29 is 13.9 Å². The molecule has 1 aromatic carbocycles. The molecule has 21 heavy (non-hydrogen) atoms. The van der Waals surface area contributed by atoms with Crippen LogP contribution in [-0.4, -0.2) is 18.1 Å². The number of anilines is 1. The molecule has 1 fully saturated rings. The maximum Gasteiger partial charge on any atom is 0.331 e. The molecule has 0 amide bonds. The number of hydrogen-bond acceptors (Lipinski definition) is 3. The van der Waals surface area contributed by atoms with Crippen molar-refractivity contribution in [2.45, 2.75) is 51.5 Å². The molecule has 0 aromatic heterocycles. The fourth-order valence-electron chi connectivity index (χ4n) is 3.12. The van der Waals surface area contributed by atoms with Crippen LogP contribution < -0.4 is 5.32 Å². The maximum atomic E-state index is 13.9. The molecule has 1 unspecified atom stereocenters. The van der Waals surface area contributed by atoms with E-state index in [1.54, 1.807) is 25.1 Å². The molecular weight excluding hydrogens is 269 g/mol. The molecule has 1 N–H and O–H groups in total. The number of esters is 1. The van der Waals surface area contributed by atoms with Gasteiger partial charge in [0.15, 0.2) is 0 Å². The summed E-state index contributed by atoms with van der Waals surface area (Å²) < 4.78 is 19.2. The average Bonchev–Trinajstić information content (AvgIpc) is 2.50. The largest absolute Gasteiger partial charge is 0.464 e. The topological polar surface area (TPSA) is 38.3 Å². The number of para-hydroxylation sites is 1. The SMILES string of the molecule is CCOC(=O)C(C)(Nc1ccccc1F)C1CCCCC1. The number of ether oxygens (including phenoxy) is 1. The molecular formula is C17H24FNO2. The summed E-state index contributed by atoms with van der Waals surface area (Å²) in [7, 11) is 0. The highest BCUT2D eigenvalue weighted by Crippen LogP contribution is 2.36. The number of rotatable bonds is 5. The van der Waals surface area contributed by atoms with Crippen LogP contribution in [-0.2, 0) is 9.53 Å². The first kappa shape index (κ1) is 15.8. The van der Waals surface area contributed by atoms with E-state index in [1.807, 2.05) is 6.92 Å². The van der Waals surface area contributed by atoms with Gasteiger partial charge in [-0.2, -0.15) is 0 Å². The van der Waals surface area contributed by atoms with E-state index >= 15 is 0 Å². The van der Waals surface area contributed by atoms with Gasteiger partial charge in [-0.05, 0) is 44.7 Å². The summed E-state index contributed by atoms with van der Waals surface area (Å²) in [6.45, 7) is 3.97. The Balaban J connectivity index is 2.26. The van der Waals surface area contributed by atoms with Gasteiger partial charge < -0.3 is 10.1 Å². The van der Waals surface area contributed by atoms with Gasteiger partial charge in [0.05, 0.1) is 12.3 Å². The van der Waals surface area contributed by atoms with Gasteiger partial charge in [0.1, 0.15) is 11.4 Å². The van der Waals surface area contributed by atoms with E-state index in [0.717, 1.165) is 25.7 Å². The highest BCUT2D eigenvalue weighted by Gasteiger charge is 2.43. The third kappa shape index (κ3) is 3.55. The Hall–Kier alpha value is -1.58. The molecule has 2 rings (SSSR count). The normalized spacial score (nSPS) is 18.8. The molecule has 0 radical (unpaired) electrons. The summed E-state index contributed by atoms with van der Waals surface area (Å²) in [6, 6.07) is 6.46. The maximum absolute atomic E-state index is 13.9. The number of hydrogen-bond donors (Lipinski definition) is 1. The summed E-state index contributed by atoms with van der Waals surface area (Å²) in [6.07, 6.45) is 5.36. The van der Waals surface area contributed by atoms with Crippen molar-refractivity contribution in [1.82, 2.24) is 0 Å². The standard InChI is InChI=1S/C17H24FNO2/c1-3-21-16(20)17(2,13-9-5-4-6-10-13)19-15-12-8-7-11-14(15)18/h7-8,11-13,19H,3-6,9-10H2,1-2H3. The van der Waals surface area contributed by atoms with E-state index < -0.39 is 5.54 Å². The zero-order valence-corrected chi connectivity index (χ0v) is 12.8. The lowest BCUT2D eigenvalue weighted by Gasteiger charge is -2.39. The number of carbonyl (C=O) groups excluding carboxylic acids is 1. The summed E-state index contributed by atoms with van der Waals surface area (Å²) in [5.41, 5.74) is -0.517. The molecule has 116 valence electrons. The molecule has 1 atom stereocenters. The second-order valence-electron chi connectivity index (χ2n) is 5.86. The van der Waals surface area contributed by atoms with E-state index in [4.69, 9.17) is 4.74 Å². The molecule has 0 heterocycles. The predicted octanol–water partition coefficient (Wildman–Crippen LogP) is 4.14. The van der Waals surface area contributed by atoms with Gasteiger partial charge in [0, 0.05) is 0 Å². The van der Waals surface area contributed by atoms with Crippen molar-refractivity contribution >= 4 is 11.7 Å². The summed E-state index contributed by atoms with van der Waals surface area (Å²) in [5.74, 6) is -0.464. The van der Waals surface area contributed by atoms with Crippen molar-refractivity contribution in [2.75, 3.05) is 11.9 Å². The first-order valence-corrected chi connectivity index (χ1v) is 7.78. The van der Waals surface area contributed by atoms with Gasteiger partial charge in [-0.3, -0.25) is 0 Å². The number of benzene rings is 1. The van der Waals surface area contributed by atoms with Crippen molar-refractivity contribution in [2.24, 2.45) is 5.92 Å². The number of nitrogens with one attached hydrogen (secondary N) is 1. The van der Waals surface area contributed by atoms with Crippen molar-refractivity contribution in [3.63, 3.8) is 0 Å². The molecule has 0 bridgehead atoms. The molecule has 0 saturated heterocycles. The molecule has 0 aliphatic heterocycles. The minimum atomic E-state index is -0.876. The predicted molar refractivity (Wildman–Crippen MR) is 81.6 cm³/mol. The molecule has 1 aromatic rings. The Bertz CT molecular complexity index is 485. The Morgan fingerprint density at radius 1 is 1.33 bits per heavy atom. The Morgan fingerprint density at radius 2 is 2.00 bits per heavy atom. The van der Waals surface area contributed by atoms with Gasteiger partial charge in [-0.1, -0.05) is 31.4 Å². The Morgan fingerprint density at radius 3 is 2.62 bits per heavy atom. The lowest BCUT2D eigenvalue weighted by atomic mass is 9.75. The van der Waals surface area contributed by atoms with Crippen LogP contribution in [0.2, 0.25) is 0 Å². The second kappa shape index (κ2) is 6.92. The van der Waals surface area contributed by atoms with Crippen molar-refractivity contribution in [3.8, 4) is 0 Å². The van der Waals surface area contributed by atoms with E-state index in [0.29, 0.717) is 12.3 Å². The van der Waals surface area contributed by atoms with Crippen LogP contribution in [0.25, 0.3) is 0 Å². The Kier molecular flexibility index (Phi) is 5.21. The van der Waals surface area contributed by atoms with Crippen LogP contribution >= 0.6 is 0 Å². The minimum Gasteiger partial charge on any atom is -0.464 e. The molecule has 1 aliphatic rings. The second-order valence-corrected chi connectivity index (χ2v) is 5.86. The zero-order chi connectivity index (χ0) is 15.3. The van der Waals surface area contributed by atoms with E-state index in [2.05, 4.69) is 5.32 Å². The molecule has 1 aliphatic carbocycles. The van der Waals surface area contributed by atoms with Crippen LogP contribution in [0.1, 0.15) is 46.0 Å². The van der Waals surface area contributed by atoms with Gasteiger partial charge in [0.25, 0.3) is 0 Å². The Labute approximate surface area is 125 Å². The molecule has 3 nitrogen and oxygen atoms in total. The van der Waals surface area contributed by atoms with E-state index in [9.17, 15) is 9.18 Å². The van der Waals surface area contributed by atoms with Crippen molar-refractivity contribution in [3.05, 3.63) is 30.1 Å². The number of carbonyl (C=O) groups is 1. The highest BCUT2D eigenvalue weighted by molar-refractivity contribution is 5.84. The first-order chi connectivity index (χ1) is 10.1. The molecule has 4 heteroatoms.